The summed E-state index contributed by atoms with van der Waals surface area (Å²) in [6.45, 7) is 4.37. The molecule has 0 saturated carbocycles. The Kier molecular flexibility index (Phi) is 2.69. The van der Waals surface area contributed by atoms with Gasteiger partial charge in [-0.3, -0.25) is 0 Å². The van der Waals surface area contributed by atoms with Gasteiger partial charge < -0.3 is 0 Å². The van der Waals surface area contributed by atoms with Crippen LogP contribution >= 0.6 is 11.3 Å². The van der Waals surface area contributed by atoms with E-state index < -0.39 is 0 Å². The molecule has 0 radical (unpaired) electrons. The number of thiophene rings is 1. The Balaban J connectivity index is 2.55. The first-order chi connectivity index (χ1) is 4.79. The van der Waals surface area contributed by atoms with Crippen LogP contribution in [0, 0.1) is 5.92 Å². The van der Waals surface area contributed by atoms with Crippen LogP contribution in [0.3, 0.4) is 0 Å². The molecule has 0 aliphatic rings. The van der Waals surface area contributed by atoms with E-state index in [0.29, 0.717) is 5.92 Å². The van der Waals surface area contributed by atoms with Crippen molar-refractivity contribution in [1.82, 2.24) is 0 Å². The molecule has 0 aromatic carbocycles. The second-order valence-electron chi connectivity index (χ2n) is 2.66. The zero-order valence-electron chi connectivity index (χ0n) is 6.37. The highest BCUT2D eigenvalue weighted by Gasteiger charge is 1.86. The van der Waals surface area contributed by atoms with Gasteiger partial charge in [-0.2, -0.15) is 11.3 Å². The molecule has 1 heteroatoms. The summed E-state index contributed by atoms with van der Waals surface area (Å²) in [5.74, 6) is 0.653. The molecular formula is C9H12S. The quantitative estimate of drug-likeness (QED) is 0.609. The molecule has 1 aromatic rings. The zero-order chi connectivity index (χ0) is 7.40. The molecule has 0 atom stereocenters. The molecule has 1 rings (SSSR count). The van der Waals surface area contributed by atoms with Gasteiger partial charge in [0.1, 0.15) is 0 Å². The molecule has 10 heavy (non-hydrogen) atoms. The van der Waals surface area contributed by atoms with E-state index in [1.54, 1.807) is 11.3 Å². The van der Waals surface area contributed by atoms with E-state index in [1.807, 2.05) is 0 Å². The van der Waals surface area contributed by atoms with Crippen molar-refractivity contribution >= 4 is 17.4 Å². The minimum absolute atomic E-state index is 0.653. The number of rotatable bonds is 2. The lowest BCUT2D eigenvalue weighted by Crippen LogP contribution is -1.75. The second kappa shape index (κ2) is 3.57. The monoisotopic (exact) mass is 152 g/mol. The average molecular weight is 152 g/mol. The highest BCUT2D eigenvalue weighted by molar-refractivity contribution is 7.08. The minimum atomic E-state index is 0.653. The highest BCUT2D eigenvalue weighted by atomic mass is 32.1. The van der Waals surface area contributed by atoms with Crippen molar-refractivity contribution < 1.29 is 0 Å². The molecule has 0 unspecified atom stereocenters. The zero-order valence-corrected chi connectivity index (χ0v) is 7.19. The van der Waals surface area contributed by atoms with Gasteiger partial charge in [-0.05, 0) is 28.3 Å². The summed E-state index contributed by atoms with van der Waals surface area (Å²) >= 11 is 1.74. The molecule has 0 spiro atoms. The van der Waals surface area contributed by atoms with E-state index in [9.17, 15) is 0 Å². The van der Waals surface area contributed by atoms with Crippen molar-refractivity contribution in [2.75, 3.05) is 0 Å². The van der Waals surface area contributed by atoms with E-state index in [2.05, 4.69) is 42.8 Å². The maximum absolute atomic E-state index is 2.21. The molecule has 0 aliphatic heterocycles. The fourth-order valence-electron chi connectivity index (χ4n) is 0.673. The highest BCUT2D eigenvalue weighted by Crippen LogP contribution is 2.09. The predicted molar refractivity (Wildman–Crippen MR) is 48.2 cm³/mol. The smallest absolute Gasteiger partial charge is 0.00209 e. The first-order valence-electron chi connectivity index (χ1n) is 3.49. The summed E-state index contributed by atoms with van der Waals surface area (Å²) in [7, 11) is 0. The normalized spacial score (nSPS) is 11.5. The van der Waals surface area contributed by atoms with Crippen LogP contribution in [-0.2, 0) is 0 Å². The maximum Gasteiger partial charge on any atom is -0.00209 e. The lowest BCUT2D eigenvalue weighted by molar-refractivity contribution is 0.836. The van der Waals surface area contributed by atoms with E-state index in [1.165, 1.54) is 5.56 Å². The molecule has 0 aliphatic carbocycles. The summed E-state index contributed by atoms with van der Waals surface area (Å²) in [5.41, 5.74) is 1.32. The molecule has 54 valence electrons. The van der Waals surface area contributed by atoms with Crippen molar-refractivity contribution in [1.29, 1.82) is 0 Å². The standard InChI is InChI=1S/C9H12S/c1-8(2)3-4-9-5-6-10-7-9/h3-8H,1-2H3/b4-3+. The third-order valence-electron chi connectivity index (χ3n) is 1.22. The Labute approximate surface area is 66.2 Å². The van der Waals surface area contributed by atoms with Gasteiger partial charge in [-0.15, -0.1) is 0 Å². The lowest BCUT2D eigenvalue weighted by Gasteiger charge is -1.90. The summed E-state index contributed by atoms with van der Waals surface area (Å²) < 4.78 is 0. The molecule has 1 heterocycles. The van der Waals surface area contributed by atoms with Crippen LogP contribution < -0.4 is 0 Å². The Morgan fingerprint density at radius 3 is 2.80 bits per heavy atom. The predicted octanol–water partition coefficient (Wildman–Crippen LogP) is 3.42. The maximum atomic E-state index is 2.21. The van der Waals surface area contributed by atoms with Crippen LogP contribution in [0.4, 0.5) is 0 Å². The van der Waals surface area contributed by atoms with E-state index >= 15 is 0 Å². The Hall–Kier alpha value is -0.560. The second-order valence-corrected chi connectivity index (χ2v) is 3.44. The van der Waals surface area contributed by atoms with Crippen molar-refractivity contribution in [3.05, 3.63) is 28.5 Å². The Morgan fingerprint density at radius 1 is 1.50 bits per heavy atom. The van der Waals surface area contributed by atoms with Crippen molar-refractivity contribution in [3.63, 3.8) is 0 Å². The summed E-state index contributed by atoms with van der Waals surface area (Å²) in [4.78, 5) is 0. The van der Waals surface area contributed by atoms with Gasteiger partial charge in [0.15, 0.2) is 0 Å². The minimum Gasteiger partial charge on any atom is -0.152 e. The Morgan fingerprint density at radius 2 is 2.30 bits per heavy atom. The molecule has 0 amide bonds. The molecule has 0 nitrogen and oxygen atoms in total. The van der Waals surface area contributed by atoms with Gasteiger partial charge in [0, 0.05) is 0 Å². The van der Waals surface area contributed by atoms with Crippen LogP contribution in [0.5, 0.6) is 0 Å². The largest absolute Gasteiger partial charge is 0.152 e. The molecular weight excluding hydrogens is 140 g/mol. The van der Waals surface area contributed by atoms with Crippen molar-refractivity contribution in [2.24, 2.45) is 5.92 Å². The van der Waals surface area contributed by atoms with Crippen molar-refractivity contribution in [3.8, 4) is 0 Å². The molecule has 0 saturated heterocycles. The van der Waals surface area contributed by atoms with Crippen LogP contribution in [0.25, 0.3) is 6.08 Å². The first kappa shape index (κ1) is 7.55. The van der Waals surface area contributed by atoms with Gasteiger partial charge in [-0.1, -0.05) is 26.0 Å². The first-order valence-corrected chi connectivity index (χ1v) is 4.43. The van der Waals surface area contributed by atoms with E-state index in [4.69, 9.17) is 0 Å². The van der Waals surface area contributed by atoms with Gasteiger partial charge >= 0.3 is 0 Å². The number of allylic oxidation sites excluding steroid dienone is 1. The van der Waals surface area contributed by atoms with E-state index in [0.717, 1.165) is 0 Å². The van der Waals surface area contributed by atoms with Crippen LogP contribution in [-0.4, -0.2) is 0 Å². The van der Waals surface area contributed by atoms with Gasteiger partial charge in [0.05, 0.1) is 0 Å². The van der Waals surface area contributed by atoms with Crippen LogP contribution in [0.1, 0.15) is 19.4 Å². The van der Waals surface area contributed by atoms with Gasteiger partial charge in [0.2, 0.25) is 0 Å². The van der Waals surface area contributed by atoms with Gasteiger partial charge in [0.25, 0.3) is 0 Å². The molecule has 0 bridgehead atoms. The summed E-state index contributed by atoms with van der Waals surface area (Å²) in [6, 6.07) is 2.13. The van der Waals surface area contributed by atoms with Crippen LogP contribution in [0.2, 0.25) is 0 Å². The lowest BCUT2D eigenvalue weighted by atomic mass is 10.2. The molecule has 0 fully saturated rings. The van der Waals surface area contributed by atoms with Crippen LogP contribution in [0.15, 0.2) is 22.9 Å². The third kappa shape index (κ3) is 2.36. The topological polar surface area (TPSA) is 0 Å². The van der Waals surface area contributed by atoms with Gasteiger partial charge in [-0.25, -0.2) is 0 Å². The number of hydrogen-bond acceptors (Lipinski definition) is 1. The summed E-state index contributed by atoms with van der Waals surface area (Å²) in [5, 5.41) is 4.25. The fraction of sp³-hybridized carbons (Fsp3) is 0.333. The SMILES string of the molecule is CC(C)/C=C/c1ccsc1. The molecule has 0 N–H and O–H groups in total. The third-order valence-corrected chi connectivity index (χ3v) is 1.92. The van der Waals surface area contributed by atoms with E-state index in [-0.39, 0.29) is 0 Å². The summed E-state index contributed by atoms with van der Waals surface area (Å²) in [6.07, 6.45) is 4.38. The number of hydrogen-bond donors (Lipinski definition) is 0. The average Bonchev–Trinajstić information content (AvgIpc) is 2.34. The Bertz CT molecular complexity index is 195. The molecule has 1 aromatic heterocycles. The fourth-order valence-corrected chi connectivity index (χ4v) is 1.30. The van der Waals surface area contributed by atoms with Crippen molar-refractivity contribution in [2.45, 2.75) is 13.8 Å².